The molecule has 0 heterocycles. The molecular weight excluding hydrogens is 210 g/mol. The SMILES string of the molecule is C[C@@H]1C(=O)CCC[C@@H]1NS(=O)C(C)(C)C. The summed E-state index contributed by atoms with van der Waals surface area (Å²) >= 11 is 0. The molecule has 0 aromatic carbocycles. The van der Waals surface area contributed by atoms with E-state index in [1.165, 1.54) is 0 Å². The smallest absolute Gasteiger partial charge is 0.137 e. The van der Waals surface area contributed by atoms with Gasteiger partial charge in [-0.25, -0.2) is 8.93 Å². The second kappa shape index (κ2) is 4.74. The highest BCUT2D eigenvalue weighted by molar-refractivity contribution is 7.84. The molecule has 1 aliphatic carbocycles. The van der Waals surface area contributed by atoms with Crippen molar-refractivity contribution in [3.05, 3.63) is 0 Å². The van der Waals surface area contributed by atoms with Crippen molar-refractivity contribution in [2.24, 2.45) is 5.92 Å². The summed E-state index contributed by atoms with van der Waals surface area (Å²) in [6.45, 7) is 7.74. The highest BCUT2D eigenvalue weighted by Gasteiger charge is 2.31. The molecule has 1 aliphatic rings. The van der Waals surface area contributed by atoms with Gasteiger partial charge in [-0.2, -0.15) is 0 Å². The summed E-state index contributed by atoms with van der Waals surface area (Å²) in [4.78, 5) is 11.5. The molecular formula is C11H21NO2S. The van der Waals surface area contributed by atoms with Crippen molar-refractivity contribution >= 4 is 16.8 Å². The molecule has 3 atom stereocenters. The average molecular weight is 231 g/mol. The summed E-state index contributed by atoms with van der Waals surface area (Å²) in [6, 6.07) is 0.0892. The molecule has 0 aliphatic heterocycles. The van der Waals surface area contributed by atoms with Crippen molar-refractivity contribution in [2.75, 3.05) is 0 Å². The van der Waals surface area contributed by atoms with E-state index in [4.69, 9.17) is 0 Å². The van der Waals surface area contributed by atoms with Crippen LogP contribution >= 0.6 is 0 Å². The summed E-state index contributed by atoms with van der Waals surface area (Å²) < 4.78 is 14.7. The van der Waals surface area contributed by atoms with E-state index in [2.05, 4.69) is 4.72 Å². The normalized spacial score (nSPS) is 30.3. The molecule has 15 heavy (non-hydrogen) atoms. The first-order valence-corrected chi connectivity index (χ1v) is 6.68. The minimum absolute atomic E-state index is 0.00468. The van der Waals surface area contributed by atoms with Crippen molar-refractivity contribution in [1.29, 1.82) is 0 Å². The minimum Gasteiger partial charge on any atom is -0.299 e. The Morgan fingerprint density at radius 3 is 2.53 bits per heavy atom. The van der Waals surface area contributed by atoms with E-state index in [1.54, 1.807) is 0 Å². The van der Waals surface area contributed by atoms with E-state index < -0.39 is 11.0 Å². The molecule has 1 N–H and O–H groups in total. The monoisotopic (exact) mass is 231 g/mol. The number of Topliss-reactive ketones (excluding diaryl/α,β-unsaturated/α-hetero) is 1. The summed E-state index contributed by atoms with van der Waals surface area (Å²) in [5.41, 5.74) is 0. The number of carbonyl (C=O) groups excluding carboxylic acids is 1. The van der Waals surface area contributed by atoms with E-state index in [0.29, 0.717) is 12.2 Å². The van der Waals surface area contributed by atoms with E-state index in [9.17, 15) is 9.00 Å². The van der Waals surface area contributed by atoms with Gasteiger partial charge >= 0.3 is 0 Å². The van der Waals surface area contributed by atoms with Crippen LogP contribution in [0.5, 0.6) is 0 Å². The Kier molecular flexibility index (Phi) is 4.06. The zero-order valence-corrected chi connectivity index (χ0v) is 10.8. The number of ketones is 1. The van der Waals surface area contributed by atoms with Crippen molar-refractivity contribution in [2.45, 2.75) is 57.7 Å². The lowest BCUT2D eigenvalue weighted by Gasteiger charge is -2.30. The Bertz CT molecular complexity index is 270. The quantitative estimate of drug-likeness (QED) is 0.787. The predicted octanol–water partition coefficient (Wildman–Crippen LogP) is 1.80. The van der Waals surface area contributed by atoms with Crippen molar-refractivity contribution in [3.8, 4) is 0 Å². The van der Waals surface area contributed by atoms with Crippen LogP contribution in [-0.4, -0.2) is 20.8 Å². The lowest BCUT2D eigenvalue weighted by molar-refractivity contribution is -0.124. The predicted molar refractivity (Wildman–Crippen MR) is 62.8 cm³/mol. The Balaban J connectivity index is 2.58. The molecule has 1 unspecified atom stereocenters. The fraction of sp³-hybridized carbons (Fsp3) is 0.909. The molecule has 3 nitrogen and oxygen atoms in total. The van der Waals surface area contributed by atoms with E-state index in [0.717, 1.165) is 12.8 Å². The zero-order valence-electron chi connectivity index (χ0n) is 10.0. The summed E-state index contributed by atoms with van der Waals surface area (Å²) in [6.07, 6.45) is 2.55. The average Bonchev–Trinajstić information content (AvgIpc) is 2.11. The molecule has 0 spiro atoms. The zero-order chi connectivity index (χ0) is 11.6. The van der Waals surface area contributed by atoms with Gasteiger partial charge in [0.2, 0.25) is 0 Å². The van der Waals surface area contributed by atoms with Crippen LogP contribution in [-0.2, 0) is 15.8 Å². The van der Waals surface area contributed by atoms with Gasteiger partial charge in [-0.15, -0.1) is 0 Å². The lowest BCUT2D eigenvalue weighted by atomic mass is 9.85. The van der Waals surface area contributed by atoms with Crippen LogP contribution in [0.15, 0.2) is 0 Å². The molecule has 1 fully saturated rings. The van der Waals surface area contributed by atoms with Gasteiger partial charge in [0.1, 0.15) is 5.78 Å². The Morgan fingerprint density at radius 1 is 1.40 bits per heavy atom. The highest BCUT2D eigenvalue weighted by Crippen LogP contribution is 2.22. The third-order valence-electron chi connectivity index (χ3n) is 2.86. The number of hydrogen-bond donors (Lipinski definition) is 1. The van der Waals surface area contributed by atoms with Crippen LogP contribution < -0.4 is 4.72 Å². The first-order chi connectivity index (χ1) is 6.82. The van der Waals surface area contributed by atoms with Gasteiger partial charge in [0, 0.05) is 18.4 Å². The van der Waals surface area contributed by atoms with E-state index in [1.807, 2.05) is 27.7 Å². The summed E-state index contributed by atoms with van der Waals surface area (Å²) in [7, 11) is -1.07. The Morgan fingerprint density at radius 2 is 2.00 bits per heavy atom. The van der Waals surface area contributed by atoms with Crippen molar-refractivity contribution in [1.82, 2.24) is 4.72 Å². The third kappa shape index (κ3) is 3.38. The van der Waals surface area contributed by atoms with Gasteiger partial charge in [-0.1, -0.05) is 6.92 Å². The van der Waals surface area contributed by atoms with Crippen LogP contribution in [0.1, 0.15) is 47.0 Å². The molecule has 0 amide bonds. The van der Waals surface area contributed by atoms with Gasteiger partial charge in [0.05, 0.1) is 15.7 Å². The molecule has 0 radical (unpaired) electrons. The molecule has 1 rings (SSSR count). The highest BCUT2D eigenvalue weighted by atomic mass is 32.2. The molecule has 0 saturated heterocycles. The van der Waals surface area contributed by atoms with Crippen LogP contribution in [0, 0.1) is 5.92 Å². The fourth-order valence-electron chi connectivity index (χ4n) is 1.67. The Hall–Kier alpha value is -0.220. The number of hydrogen-bond acceptors (Lipinski definition) is 2. The number of nitrogens with one attached hydrogen (secondary N) is 1. The van der Waals surface area contributed by atoms with Gasteiger partial charge in [0.25, 0.3) is 0 Å². The van der Waals surface area contributed by atoms with Crippen LogP contribution in [0.4, 0.5) is 0 Å². The van der Waals surface area contributed by atoms with E-state index >= 15 is 0 Å². The molecule has 0 bridgehead atoms. The van der Waals surface area contributed by atoms with Gasteiger partial charge in [0.15, 0.2) is 0 Å². The largest absolute Gasteiger partial charge is 0.299 e. The summed E-state index contributed by atoms with van der Waals surface area (Å²) in [5, 5.41) is 0. The lowest BCUT2D eigenvalue weighted by Crippen LogP contribution is -2.46. The van der Waals surface area contributed by atoms with Crippen LogP contribution in [0.25, 0.3) is 0 Å². The van der Waals surface area contributed by atoms with Crippen molar-refractivity contribution < 1.29 is 9.00 Å². The van der Waals surface area contributed by atoms with Gasteiger partial charge < -0.3 is 0 Å². The topological polar surface area (TPSA) is 46.2 Å². The van der Waals surface area contributed by atoms with Gasteiger partial charge in [-0.05, 0) is 33.6 Å². The van der Waals surface area contributed by atoms with Crippen LogP contribution in [0.2, 0.25) is 0 Å². The minimum atomic E-state index is -1.07. The van der Waals surface area contributed by atoms with E-state index in [-0.39, 0.29) is 16.7 Å². The molecule has 4 heteroatoms. The third-order valence-corrected chi connectivity index (χ3v) is 4.49. The molecule has 0 aromatic rings. The Labute approximate surface area is 94.6 Å². The number of rotatable bonds is 2. The number of carbonyl (C=O) groups is 1. The first kappa shape index (κ1) is 12.8. The maximum atomic E-state index is 11.9. The first-order valence-electron chi connectivity index (χ1n) is 5.53. The molecule has 1 saturated carbocycles. The second-order valence-corrected chi connectivity index (χ2v) is 7.25. The van der Waals surface area contributed by atoms with Gasteiger partial charge in [-0.3, -0.25) is 4.79 Å². The maximum Gasteiger partial charge on any atom is 0.137 e. The molecule has 0 aromatic heterocycles. The summed E-state index contributed by atoms with van der Waals surface area (Å²) in [5.74, 6) is 0.301. The second-order valence-electron chi connectivity index (χ2n) is 5.25. The maximum absolute atomic E-state index is 11.9. The fourth-order valence-corrected chi connectivity index (χ4v) is 2.62. The molecule has 88 valence electrons. The van der Waals surface area contributed by atoms with Crippen LogP contribution in [0.3, 0.4) is 0 Å². The van der Waals surface area contributed by atoms with Crippen molar-refractivity contribution in [3.63, 3.8) is 0 Å². The standard InChI is InChI=1S/C11H21NO2S/c1-8-9(6-5-7-10(8)13)12-15(14)11(2,3)4/h8-9,12H,5-7H2,1-4H3/t8-,9-,15?/m0/s1.